The lowest BCUT2D eigenvalue weighted by Gasteiger charge is -2.17. The summed E-state index contributed by atoms with van der Waals surface area (Å²) in [6.45, 7) is 1.38. The van der Waals surface area contributed by atoms with Crippen LogP contribution in [0.15, 0.2) is 36.9 Å². The molecule has 4 N–H and O–H groups in total. The molecule has 0 bridgehead atoms. The molecule has 3 heterocycles. The topological polar surface area (TPSA) is 141 Å². The van der Waals surface area contributed by atoms with Crippen LogP contribution in [0.25, 0.3) is 16.9 Å². The predicted molar refractivity (Wildman–Crippen MR) is 139 cm³/mol. The second kappa shape index (κ2) is 11.3. The molecule has 1 aromatic carbocycles. The number of hydrogen-bond acceptors (Lipinski definition) is 8. The number of nitrogens with two attached hydrogens (primary N) is 1. The summed E-state index contributed by atoms with van der Waals surface area (Å²) in [5.41, 5.74) is 5.00. The number of imidazole rings is 1. The number of carbonyl (C=O) groups is 2. The molecule has 3 aromatic heterocycles. The lowest BCUT2D eigenvalue weighted by molar-refractivity contribution is -0.141. The predicted octanol–water partition coefficient (Wildman–Crippen LogP) is 3.79. The van der Waals surface area contributed by atoms with Gasteiger partial charge in [-0.3, -0.25) is 18.7 Å². The van der Waals surface area contributed by atoms with Crippen molar-refractivity contribution in [2.75, 3.05) is 11.9 Å². The Morgan fingerprint density at radius 2 is 2.05 bits per heavy atom. The van der Waals surface area contributed by atoms with Gasteiger partial charge in [-0.15, -0.1) is 0 Å². The third kappa shape index (κ3) is 5.74. The molecule has 0 saturated heterocycles. The van der Waals surface area contributed by atoms with Crippen molar-refractivity contribution in [1.82, 2.24) is 29.5 Å². The highest BCUT2D eigenvalue weighted by Gasteiger charge is 2.39. The molecule has 0 radical (unpaired) electrons. The zero-order valence-corrected chi connectivity index (χ0v) is 22.0. The summed E-state index contributed by atoms with van der Waals surface area (Å²) in [4.78, 5) is 32.7. The first-order chi connectivity index (χ1) is 20.0. The first kappa shape index (κ1) is 28.9. The Kier molecular flexibility index (Phi) is 7.81. The van der Waals surface area contributed by atoms with Crippen LogP contribution in [0.3, 0.4) is 0 Å². The van der Waals surface area contributed by atoms with E-state index in [-0.39, 0.29) is 52.9 Å². The molecule has 1 aliphatic rings. The molecule has 4 aromatic rings. The number of anilines is 2. The number of alkyl halides is 5. The third-order valence-electron chi connectivity index (χ3n) is 6.84. The van der Waals surface area contributed by atoms with Gasteiger partial charge in [-0.05, 0) is 30.9 Å². The van der Waals surface area contributed by atoms with Crippen molar-refractivity contribution >= 4 is 29.5 Å². The SMILES string of the molecule is CCc1c(C(=O)NCC2CC2N)ccc(Nc2nccn3c(-c4cn(CC(F)F)nc4C(F)(F)F)cnc23)c1OC=O. The number of nitrogens with one attached hydrogen (secondary N) is 2. The van der Waals surface area contributed by atoms with Gasteiger partial charge in [-0.25, -0.2) is 18.7 Å². The van der Waals surface area contributed by atoms with Gasteiger partial charge in [0.25, 0.3) is 18.8 Å². The van der Waals surface area contributed by atoms with E-state index in [1.807, 2.05) is 0 Å². The molecule has 0 aliphatic heterocycles. The van der Waals surface area contributed by atoms with Crippen molar-refractivity contribution in [3.8, 4) is 17.0 Å². The summed E-state index contributed by atoms with van der Waals surface area (Å²) in [7, 11) is 0. The van der Waals surface area contributed by atoms with E-state index in [2.05, 4.69) is 25.7 Å². The minimum Gasteiger partial charge on any atom is -0.426 e. The van der Waals surface area contributed by atoms with Crippen LogP contribution in [0.4, 0.5) is 33.5 Å². The monoisotopic (exact) mass is 592 g/mol. The van der Waals surface area contributed by atoms with Crippen LogP contribution in [0.1, 0.15) is 35.0 Å². The Morgan fingerprint density at radius 1 is 1.29 bits per heavy atom. The van der Waals surface area contributed by atoms with Gasteiger partial charge in [0, 0.05) is 42.3 Å². The number of amides is 1. The minimum atomic E-state index is -4.92. The molecule has 1 aliphatic carbocycles. The highest BCUT2D eigenvalue weighted by atomic mass is 19.4. The fourth-order valence-electron chi connectivity index (χ4n) is 4.68. The van der Waals surface area contributed by atoms with E-state index in [9.17, 15) is 31.5 Å². The minimum absolute atomic E-state index is 0.0590. The van der Waals surface area contributed by atoms with E-state index < -0.39 is 30.4 Å². The van der Waals surface area contributed by atoms with Crippen molar-refractivity contribution in [3.63, 3.8) is 0 Å². The van der Waals surface area contributed by atoms with Crippen molar-refractivity contribution < 1.29 is 36.3 Å². The van der Waals surface area contributed by atoms with Gasteiger partial charge in [0.2, 0.25) is 0 Å². The van der Waals surface area contributed by atoms with Gasteiger partial charge < -0.3 is 21.1 Å². The van der Waals surface area contributed by atoms with Gasteiger partial charge >= 0.3 is 6.18 Å². The standard InChI is InChI=1S/C26H25F5N8O3/c1-2-14-15(25(41)35-8-13-7-17(13)32)3-4-18(21(14)42-12-40)36-23-24-34-9-19(39(24)6-5-33-23)16-10-38(11-20(27)28)37-22(16)26(29,30)31/h3-6,9-10,12-13,17,20H,2,7-8,11,32H2,1H3,(H,33,36)(H,35,41). The Labute approximate surface area is 234 Å². The molecular formula is C26H25F5N8O3. The lowest BCUT2D eigenvalue weighted by Crippen LogP contribution is -2.28. The normalized spacial score (nSPS) is 16.6. The summed E-state index contributed by atoms with van der Waals surface area (Å²) in [6.07, 6.45) is -2.01. The molecule has 1 amide bonds. The van der Waals surface area contributed by atoms with E-state index in [1.165, 1.54) is 22.9 Å². The molecule has 0 spiro atoms. The number of carbonyl (C=O) groups excluding carboxylic acids is 2. The van der Waals surface area contributed by atoms with Crippen molar-refractivity contribution in [3.05, 3.63) is 53.7 Å². The quantitative estimate of drug-likeness (QED) is 0.177. The average molecular weight is 593 g/mol. The van der Waals surface area contributed by atoms with Crippen LogP contribution in [0.5, 0.6) is 5.75 Å². The Hall–Kier alpha value is -4.60. The maximum Gasteiger partial charge on any atom is 0.435 e. The molecule has 2 unspecified atom stereocenters. The zero-order valence-electron chi connectivity index (χ0n) is 22.0. The largest absolute Gasteiger partial charge is 0.435 e. The molecule has 1 fully saturated rings. The highest BCUT2D eigenvalue weighted by molar-refractivity contribution is 5.98. The van der Waals surface area contributed by atoms with Crippen molar-refractivity contribution in [2.24, 2.45) is 11.7 Å². The fraction of sp³-hybridized carbons (Fsp3) is 0.346. The second-order valence-electron chi connectivity index (χ2n) is 9.65. The molecule has 5 rings (SSSR count). The Balaban J connectivity index is 1.51. The van der Waals surface area contributed by atoms with E-state index in [0.29, 0.717) is 28.8 Å². The maximum absolute atomic E-state index is 13.7. The number of aromatic nitrogens is 5. The molecule has 11 nitrogen and oxygen atoms in total. The smallest absolute Gasteiger partial charge is 0.426 e. The summed E-state index contributed by atoms with van der Waals surface area (Å²) in [5, 5.41) is 9.14. The van der Waals surface area contributed by atoms with Crippen molar-refractivity contribution in [2.45, 2.75) is 45.0 Å². The summed E-state index contributed by atoms with van der Waals surface area (Å²) in [5.74, 6) is -0.0109. The third-order valence-corrected chi connectivity index (χ3v) is 6.84. The van der Waals surface area contributed by atoms with Gasteiger partial charge in [-0.1, -0.05) is 6.92 Å². The average Bonchev–Trinajstić information content (AvgIpc) is 3.28. The van der Waals surface area contributed by atoms with Crippen molar-refractivity contribution in [1.29, 1.82) is 0 Å². The Morgan fingerprint density at radius 3 is 2.69 bits per heavy atom. The number of fused-ring (bicyclic) bond motifs is 1. The number of halogens is 5. The van der Waals surface area contributed by atoms with Crippen LogP contribution in [0, 0.1) is 5.92 Å². The number of nitrogens with zero attached hydrogens (tertiary/aromatic N) is 5. The van der Waals surface area contributed by atoms with Gasteiger partial charge in [-0.2, -0.15) is 18.3 Å². The van der Waals surface area contributed by atoms with Crippen LogP contribution < -0.4 is 21.1 Å². The van der Waals surface area contributed by atoms with Gasteiger partial charge in [0.1, 0.15) is 6.54 Å². The molecule has 1 saturated carbocycles. The van der Waals surface area contributed by atoms with E-state index in [0.717, 1.165) is 18.8 Å². The molecular weight excluding hydrogens is 567 g/mol. The lowest BCUT2D eigenvalue weighted by atomic mass is 10.0. The first-order valence-corrected chi connectivity index (χ1v) is 12.8. The summed E-state index contributed by atoms with van der Waals surface area (Å²) in [6, 6.07) is 3.11. The number of rotatable bonds is 11. The first-order valence-electron chi connectivity index (χ1n) is 12.8. The van der Waals surface area contributed by atoms with E-state index in [1.54, 1.807) is 13.0 Å². The molecule has 42 heavy (non-hydrogen) atoms. The fourth-order valence-corrected chi connectivity index (χ4v) is 4.68. The summed E-state index contributed by atoms with van der Waals surface area (Å²) >= 11 is 0. The van der Waals surface area contributed by atoms with Crippen LogP contribution in [-0.2, 0) is 23.9 Å². The number of benzene rings is 1. The van der Waals surface area contributed by atoms with Crippen LogP contribution in [0.2, 0.25) is 0 Å². The highest BCUT2D eigenvalue weighted by Crippen LogP contribution is 2.38. The molecule has 222 valence electrons. The van der Waals surface area contributed by atoms with Gasteiger partial charge in [0.05, 0.1) is 23.1 Å². The Bertz CT molecular complexity index is 1630. The number of ether oxygens (including phenoxy) is 1. The maximum atomic E-state index is 13.7. The second-order valence-corrected chi connectivity index (χ2v) is 9.65. The van der Waals surface area contributed by atoms with E-state index >= 15 is 0 Å². The molecule has 16 heteroatoms. The number of hydrogen-bond donors (Lipinski definition) is 3. The van der Waals surface area contributed by atoms with Gasteiger partial charge in [0.15, 0.2) is 22.9 Å². The van der Waals surface area contributed by atoms with Crippen LogP contribution in [-0.4, -0.2) is 55.5 Å². The van der Waals surface area contributed by atoms with E-state index in [4.69, 9.17) is 10.5 Å². The zero-order chi connectivity index (χ0) is 30.2. The molecule has 2 atom stereocenters. The van der Waals surface area contributed by atoms with Crippen LogP contribution >= 0.6 is 0 Å². The summed E-state index contributed by atoms with van der Waals surface area (Å²) < 4.78 is 74.1.